The number of pyridine rings is 1. The summed E-state index contributed by atoms with van der Waals surface area (Å²) in [6.07, 6.45) is 2.37. The van der Waals surface area contributed by atoms with Crippen molar-refractivity contribution in [1.29, 1.82) is 0 Å². The monoisotopic (exact) mass is 867 g/mol. The van der Waals surface area contributed by atoms with Gasteiger partial charge in [-0.3, -0.25) is 4.79 Å². The van der Waals surface area contributed by atoms with E-state index >= 15 is 0 Å². The van der Waals surface area contributed by atoms with Crippen LogP contribution in [-0.4, -0.2) is 17.1 Å². The Morgan fingerprint density at radius 2 is 1.38 bits per heavy atom. The summed E-state index contributed by atoms with van der Waals surface area (Å²) in [4.78, 5) is 12.2. The van der Waals surface area contributed by atoms with Crippen LogP contribution in [0, 0.1) is 44.1 Å². The van der Waals surface area contributed by atoms with E-state index in [0.717, 1.165) is 75.2 Å². The number of allylic oxidation sites excluding steroid dienone is 2. The van der Waals surface area contributed by atoms with Crippen molar-refractivity contribution in [3.05, 3.63) is 103 Å². The number of hydrogen-bond acceptors (Lipinski definition) is 2. The van der Waals surface area contributed by atoms with Gasteiger partial charge in [0.05, 0.1) is 17.3 Å². The van der Waals surface area contributed by atoms with Gasteiger partial charge in [0.2, 0.25) is 0 Å². The summed E-state index contributed by atoms with van der Waals surface area (Å²) in [6, 6.07) is 15.9. The Morgan fingerprint density at radius 3 is 1.92 bits per heavy atom. The van der Waals surface area contributed by atoms with Gasteiger partial charge in [-0.2, -0.15) is 31.2 Å². The Kier molecular flexibility index (Phi) is 14.0. The van der Waals surface area contributed by atoms with Gasteiger partial charge >= 0.3 is 6.18 Å². The molecule has 4 aromatic rings. The first kappa shape index (κ1) is 42.9. The van der Waals surface area contributed by atoms with E-state index in [0.29, 0.717) is 5.56 Å². The van der Waals surface area contributed by atoms with Crippen LogP contribution in [0.1, 0.15) is 103 Å². The summed E-state index contributed by atoms with van der Waals surface area (Å²) in [5.74, 6) is 0.286. The number of halogens is 3. The van der Waals surface area contributed by atoms with Crippen LogP contribution in [0.15, 0.2) is 66.6 Å². The second kappa shape index (κ2) is 16.4. The molecule has 0 saturated carbocycles. The number of rotatable bonds is 10. The Labute approximate surface area is 311 Å². The molecule has 0 aliphatic carbocycles. The van der Waals surface area contributed by atoms with Crippen LogP contribution in [0.25, 0.3) is 32.8 Å². The fraction of sp³-hybridized carbons (Fsp3) is 0.442. The zero-order valence-corrected chi connectivity index (χ0v) is 33.9. The molecule has 3 nitrogen and oxygen atoms in total. The average Bonchev–Trinajstić information content (AvgIpc) is 3.04. The Balaban J connectivity index is 0.000000413. The molecule has 1 heterocycles. The first-order valence-corrected chi connectivity index (χ1v) is 17.3. The van der Waals surface area contributed by atoms with E-state index in [-0.39, 0.29) is 48.9 Å². The summed E-state index contributed by atoms with van der Waals surface area (Å²) in [5.41, 5.74) is 3.54. The van der Waals surface area contributed by atoms with Gasteiger partial charge in [-0.05, 0) is 72.2 Å². The van der Waals surface area contributed by atoms with Gasteiger partial charge in [-0.25, -0.2) is 0 Å². The van der Waals surface area contributed by atoms with Crippen LogP contribution in [0.4, 0.5) is 13.2 Å². The van der Waals surface area contributed by atoms with E-state index in [1.807, 2.05) is 88.7 Å². The summed E-state index contributed by atoms with van der Waals surface area (Å²) < 4.78 is 41.9. The van der Waals surface area contributed by atoms with Crippen molar-refractivity contribution >= 4 is 27.3 Å². The molecule has 1 radical (unpaired) electrons. The molecule has 0 bridgehead atoms. The van der Waals surface area contributed by atoms with Gasteiger partial charge < -0.3 is 9.67 Å². The minimum absolute atomic E-state index is 0. The van der Waals surface area contributed by atoms with Gasteiger partial charge in [-0.15, -0.1) is 17.7 Å². The molecule has 0 spiro atoms. The van der Waals surface area contributed by atoms with Crippen LogP contribution in [0.3, 0.4) is 0 Å². The standard InChI is InChI=1S/C28H27F3N.C15H28O2.Ir/c1-17-13-18(2)19(3)25(14-17)26-24-10-8-21-15-20(16-27(4,5)28(29,30)31)7-9-22(21)23(24)11-12-32(26)6;1-7-14(5,8-2)12(16)11-13(17)15(6,9-3)10-4;/h7-15H,3,6,16H2,1-2,4-5H3;11,16H,7-10H2,1-6H3;/q-1;;/b;12-11-;. The van der Waals surface area contributed by atoms with Crippen LogP contribution in [0.2, 0.25) is 0 Å². The number of aryl methyl sites for hydroxylation is 2. The van der Waals surface area contributed by atoms with Crippen LogP contribution in [-0.2, 0) is 31.3 Å². The molecule has 0 amide bonds. The molecule has 4 rings (SSSR count). The SMILES string of the molecule is CCC(C)(CC)C(=O)/C=C(\O)C(C)(CC)CC.[CH2-]c1c(C)cc(C)cc1-c1c2ccc3cc(CC(C)(C)C(F)(F)F)ccc3c2cc[n+]1[CH2-].[Ir]. The van der Waals surface area contributed by atoms with Gasteiger partial charge in [-0.1, -0.05) is 98.2 Å². The van der Waals surface area contributed by atoms with Crippen molar-refractivity contribution in [3.63, 3.8) is 0 Å². The zero-order chi connectivity index (χ0) is 37.1. The van der Waals surface area contributed by atoms with Gasteiger partial charge in [0, 0.05) is 44.1 Å². The molecule has 1 N–H and O–H groups in total. The van der Waals surface area contributed by atoms with Crippen molar-refractivity contribution in [2.24, 2.45) is 16.2 Å². The van der Waals surface area contributed by atoms with Crippen LogP contribution >= 0.6 is 0 Å². The second-order valence-corrected chi connectivity index (χ2v) is 14.8. The average molecular weight is 867 g/mol. The van der Waals surface area contributed by atoms with E-state index in [2.05, 4.69) is 40.0 Å². The number of hydrogen-bond donors (Lipinski definition) is 1. The van der Waals surface area contributed by atoms with Gasteiger partial charge in [0.25, 0.3) is 0 Å². The Morgan fingerprint density at radius 1 is 0.820 bits per heavy atom. The maximum absolute atomic E-state index is 13.4. The van der Waals surface area contributed by atoms with E-state index in [1.165, 1.54) is 19.9 Å². The normalized spacial score (nSPS) is 12.8. The minimum Gasteiger partial charge on any atom is -0.512 e. The topological polar surface area (TPSA) is 41.2 Å². The smallest absolute Gasteiger partial charge is 0.394 e. The fourth-order valence-corrected chi connectivity index (χ4v) is 6.10. The number of ketones is 1. The minimum atomic E-state index is -4.25. The molecule has 7 heteroatoms. The van der Waals surface area contributed by atoms with Crippen molar-refractivity contribution < 1.29 is 47.7 Å². The molecule has 0 aliphatic rings. The number of aliphatic hydroxyl groups is 1. The largest absolute Gasteiger partial charge is 0.512 e. The summed E-state index contributed by atoms with van der Waals surface area (Å²) in [7, 11) is 4.19. The second-order valence-electron chi connectivity index (χ2n) is 14.8. The molecular weight excluding hydrogens is 812 g/mol. The Hall–Kier alpha value is -3.28. The number of alkyl halides is 3. The third-order valence-corrected chi connectivity index (χ3v) is 11.0. The van der Waals surface area contributed by atoms with Gasteiger partial charge in [0.1, 0.15) is 5.76 Å². The number of carbonyl (C=O) groups excluding carboxylic acids is 1. The summed E-state index contributed by atoms with van der Waals surface area (Å²) in [6.45, 7) is 23.0. The van der Waals surface area contributed by atoms with E-state index in [4.69, 9.17) is 0 Å². The van der Waals surface area contributed by atoms with E-state index < -0.39 is 11.6 Å². The quantitative estimate of drug-likeness (QED) is 0.0567. The molecule has 3 aromatic carbocycles. The summed E-state index contributed by atoms with van der Waals surface area (Å²) >= 11 is 0. The first-order valence-electron chi connectivity index (χ1n) is 17.3. The molecule has 1 aromatic heterocycles. The third kappa shape index (κ3) is 8.95. The number of carbonyl (C=O) groups is 1. The molecule has 0 atom stereocenters. The number of aromatic nitrogens is 1. The van der Waals surface area contributed by atoms with E-state index in [9.17, 15) is 23.1 Å². The predicted octanol–water partition coefficient (Wildman–Crippen LogP) is 12.2. The van der Waals surface area contributed by atoms with Crippen molar-refractivity contribution in [1.82, 2.24) is 0 Å². The molecular formula is C43H55F3IrNO2-. The zero-order valence-electron chi connectivity index (χ0n) is 31.5. The summed E-state index contributed by atoms with van der Waals surface area (Å²) in [5, 5.41) is 14.1. The molecule has 0 aliphatic heterocycles. The number of aliphatic hydroxyl groups excluding tert-OH is 1. The van der Waals surface area contributed by atoms with Crippen molar-refractivity contribution in [2.75, 3.05) is 0 Å². The molecule has 275 valence electrons. The van der Waals surface area contributed by atoms with Crippen LogP contribution < -0.4 is 4.57 Å². The molecule has 0 fully saturated rings. The number of benzene rings is 3. The molecule has 0 unspecified atom stereocenters. The predicted molar refractivity (Wildman–Crippen MR) is 198 cm³/mol. The maximum atomic E-state index is 13.4. The van der Waals surface area contributed by atoms with Gasteiger partial charge in [0.15, 0.2) is 5.78 Å². The molecule has 50 heavy (non-hydrogen) atoms. The molecule has 0 saturated heterocycles. The fourth-order valence-electron chi connectivity index (χ4n) is 6.10. The number of nitrogens with zero attached hydrogens (tertiary/aromatic N) is 1. The number of fused-ring (bicyclic) bond motifs is 3. The van der Waals surface area contributed by atoms with Crippen LogP contribution in [0.5, 0.6) is 0 Å². The van der Waals surface area contributed by atoms with Crippen molar-refractivity contribution in [2.45, 2.75) is 108 Å². The first-order chi connectivity index (χ1) is 22.7. The Bertz CT molecular complexity index is 1850. The van der Waals surface area contributed by atoms with Crippen molar-refractivity contribution in [3.8, 4) is 11.3 Å². The third-order valence-electron chi connectivity index (χ3n) is 11.0. The van der Waals surface area contributed by atoms with E-state index in [1.54, 1.807) is 0 Å². The maximum Gasteiger partial charge on any atom is 0.394 e.